The molecule has 0 atom stereocenters. The molecule has 0 spiro atoms. The summed E-state index contributed by atoms with van der Waals surface area (Å²) in [5.41, 5.74) is 0. The summed E-state index contributed by atoms with van der Waals surface area (Å²) in [6, 6.07) is 0. The Morgan fingerprint density at radius 1 is 0.778 bits per heavy atom. The van der Waals surface area contributed by atoms with Crippen molar-refractivity contribution in [3.05, 3.63) is 0 Å². The Morgan fingerprint density at radius 2 is 1.11 bits per heavy atom. The molecule has 0 saturated heterocycles. The molecule has 0 amide bonds. The van der Waals surface area contributed by atoms with Crippen molar-refractivity contribution in [3.8, 4) is 0 Å². The predicted octanol–water partition coefficient (Wildman–Crippen LogP) is 4.98. The van der Waals surface area contributed by atoms with Crippen LogP contribution < -0.4 is 0 Å². The standard InChI is InChI=1S/C14H28O2.CH3.Na/c1-2-3-4-5-6-7-8-9-10-11-12-13-14(15)16;;/h2-13H2,1H3,(H,15,16);1H3;. The van der Waals surface area contributed by atoms with Gasteiger partial charge in [0.25, 0.3) is 0 Å². The molecule has 0 unspecified atom stereocenters. The third-order valence-corrected chi connectivity index (χ3v) is 2.99. The van der Waals surface area contributed by atoms with E-state index in [2.05, 4.69) is 11.1 Å². The molecule has 104 valence electrons. The summed E-state index contributed by atoms with van der Waals surface area (Å²) >= 11 is 1.31. The van der Waals surface area contributed by atoms with E-state index in [1.54, 1.807) is 0 Å². The molecule has 0 bridgehead atoms. The molecule has 1 N–H and O–H groups in total. The van der Waals surface area contributed by atoms with Gasteiger partial charge in [-0.2, -0.15) is 0 Å². The van der Waals surface area contributed by atoms with Crippen molar-refractivity contribution < 1.29 is 9.90 Å². The number of hydrogen-bond acceptors (Lipinski definition) is 1. The fraction of sp³-hybridized carbons (Fsp3) is 0.933. The minimum atomic E-state index is -0.657. The molecule has 0 aromatic carbocycles. The van der Waals surface area contributed by atoms with Gasteiger partial charge < -0.3 is 5.11 Å². The van der Waals surface area contributed by atoms with Crippen LogP contribution in [-0.2, 0) is 4.79 Å². The zero-order valence-electron chi connectivity index (χ0n) is 12.8. The van der Waals surface area contributed by atoms with Crippen molar-refractivity contribution in [1.82, 2.24) is 0 Å². The molecule has 0 aromatic heterocycles. The van der Waals surface area contributed by atoms with Crippen LogP contribution in [0.5, 0.6) is 0 Å². The molecule has 3 heteroatoms. The molecule has 0 aliphatic rings. The van der Waals surface area contributed by atoms with E-state index >= 15 is 0 Å². The Bertz CT molecular complexity index is 161. The van der Waals surface area contributed by atoms with Gasteiger partial charge in [0.05, 0.1) is 0 Å². The molecule has 0 fully saturated rings. The second kappa shape index (κ2) is 19.8. The monoisotopic (exact) mass is 266 g/mol. The normalized spacial score (nSPS) is 9.78. The molecule has 0 saturated carbocycles. The molecular weight excluding hydrogens is 235 g/mol. The van der Waals surface area contributed by atoms with Crippen LogP contribution in [0.1, 0.15) is 84.0 Å². The molecule has 2 nitrogen and oxygen atoms in total. The van der Waals surface area contributed by atoms with Gasteiger partial charge in [-0.15, -0.1) is 0 Å². The van der Waals surface area contributed by atoms with E-state index in [4.69, 9.17) is 5.11 Å². The van der Waals surface area contributed by atoms with Gasteiger partial charge in [0.1, 0.15) is 0 Å². The van der Waals surface area contributed by atoms with E-state index in [0.717, 1.165) is 12.8 Å². The van der Waals surface area contributed by atoms with Gasteiger partial charge in [0.2, 0.25) is 0 Å². The maximum atomic E-state index is 10.3. The third-order valence-electron chi connectivity index (χ3n) is 2.99. The summed E-state index contributed by atoms with van der Waals surface area (Å²) in [5, 5.41) is 8.46. The Balaban J connectivity index is 0. The molecular formula is C15H31NaO2. The number of hydrogen-bond donors (Lipinski definition) is 1. The first-order valence-corrected chi connectivity index (χ1v) is 9.99. The zero-order chi connectivity index (χ0) is 14.1. The first-order chi connectivity index (χ1) is 8.77. The molecule has 0 aromatic rings. The Labute approximate surface area is 131 Å². The summed E-state index contributed by atoms with van der Waals surface area (Å²) < 4.78 is 2.14. The summed E-state index contributed by atoms with van der Waals surface area (Å²) in [6.45, 7) is 2.25. The Hall–Kier alpha value is 0.470. The summed E-state index contributed by atoms with van der Waals surface area (Å²) in [6.07, 6.45) is 14.4. The first kappa shape index (κ1) is 20.8. The SMILES string of the molecule is CCCCCCCCCCCCCC(=O)O.[CH3][Na]. The minimum absolute atomic E-state index is 0.344. The van der Waals surface area contributed by atoms with Crippen molar-refractivity contribution in [2.75, 3.05) is 0 Å². The van der Waals surface area contributed by atoms with Gasteiger partial charge in [-0.1, -0.05) is 71.1 Å². The molecule has 18 heavy (non-hydrogen) atoms. The van der Waals surface area contributed by atoms with Crippen molar-refractivity contribution in [1.29, 1.82) is 0 Å². The third kappa shape index (κ3) is 21.7. The fourth-order valence-corrected chi connectivity index (χ4v) is 1.94. The number of carbonyl (C=O) groups is 1. The average Bonchev–Trinajstić information content (AvgIpc) is 2.38. The van der Waals surface area contributed by atoms with Crippen LogP contribution in [0.2, 0.25) is 4.17 Å². The summed E-state index contributed by atoms with van der Waals surface area (Å²) in [4.78, 5) is 10.3. The van der Waals surface area contributed by atoms with E-state index < -0.39 is 5.97 Å². The van der Waals surface area contributed by atoms with Crippen molar-refractivity contribution in [2.45, 2.75) is 88.1 Å². The van der Waals surface area contributed by atoms with Gasteiger partial charge in [-0.05, 0) is 6.42 Å². The van der Waals surface area contributed by atoms with E-state index in [1.807, 2.05) is 0 Å². The topological polar surface area (TPSA) is 37.3 Å². The van der Waals surface area contributed by atoms with Crippen LogP contribution in [0.4, 0.5) is 0 Å². The number of rotatable bonds is 12. The number of carboxylic acids is 1. The Kier molecular flexibility index (Phi) is 22.9. The van der Waals surface area contributed by atoms with Gasteiger partial charge in [0.15, 0.2) is 0 Å². The van der Waals surface area contributed by atoms with Crippen molar-refractivity contribution in [3.63, 3.8) is 0 Å². The first-order valence-electron chi connectivity index (χ1n) is 7.99. The molecule has 0 aliphatic heterocycles. The van der Waals surface area contributed by atoms with E-state index in [1.165, 1.54) is 85.7 Å². The number of aliphatic carboxylic acids is 1. The van der Waals surface area contributed by atoms with Gasteiger partial charge in [0, 0.05) is 6.42 Å². The van der Waals surface area contributed by atoms with Crippen molar-refractivity contribution in [2.24, 2.45) is 0 Å². The fourth-order valence-electron chi connectivity index (χ4n) is 1.94. The van der Waals surface area contributed by atoms with Gasteiger partial charge in [-0.25, -0.2) is 0 Å². The van der Waals surface area contributed by atoms with E-state index in [0.29, 0.717) is 6.42 Å². The quantitative estimate of drug-likeness (QED) is 0.400. The van der Waals surface area contributed by atoms with Crippen molar-refractivity contribution >= 4 is 33.9 Å². The van der Waals surface area contributed by atoms with Gasteiger partial charge >= 0.3 is 38.1 Å². The van der Waals surface area contributed by atoms with Crippen LogP contribution in [0.3, 0.4) is 0 Å². The average molecular weight is 266 g/mol. The Morgan fingerprint density at radius 3 is 1.44 bits per heavy atom. The molecule has 0 heterocycles. The number of carboxylic acid groups (broad SMARTS) is 1. The molecule has 0 rings (SSSR count). The maximum absolute atomic E-state index is 10.3. The van der Waals surface area contributed by atoms with Crippen LogP contribution in [0.15, 0.2) is 0 Å². The predicted molar refractivity (Wildman–Crippen MR) is 80.3 cm³/mol. The van der Waals surface area contributed by atoms with Gasteiger partial charge in [-0.3, -0.25) is 4.79 Å². The van der Waals surface area contributed by atoms with Crippen LogP contribution in [0.25, 0.3) is 0 Å². The van der Waals surface area contributed by atoms with E-state index in [9.17, 15) is 4.79 Å². The second-order valence-corrected chi connectivity index (χ2v) is 4.68. The second-order valence-electron chi connectivity index (χ2n) is 4.68. The van der Waals surface area contributed by atoms with Crippen LogP contribution in [0, 0.1) is 0 Å². The van der Waals surface area contributed by atoms with Crippen LogP contribution >= 0.6 is 0 Å². The zero-order valence-corrected chi connectivity index (χ0v) is 14.8. The summed E-state index contributed by atoms with van der Waals surface area (Å²) in [7, 11) is 0. The van der Waals surface area contributed by atoms with Crippen LogP contribution in [-0.4, -0.2) is 39.0 Å². The summed E-state index contributed by atoms with van der Waals surface area (Å²) in [5.74, 6) is -0.657. The molecule has 0 radical (unpaired) electrons. The van der Waals surface area contributed by atoms with E-state index in [-0.39, 0.29) is 0 Å². The molecule has 0 aliphatic carbocycles. The number of unbranched alkanes of at least 4 members (excludes halogenated alkanes) is 10.